The van der Waals surface area contributed by atoms with Gasteiger partial charge in [-0.2, -0.15) is 0 Å². The molecule has 0 aliphatic rings. The molecule has 8 heavy (non-hydrogen) atoms. The van der Waals surface area contributed by atoms with Crippen molar-refractivity contribution in [2.75, 3.05) is 0 Å². The summed E-state index contributed by atoms with van der Waals surface area (Å²) >= 11 is 0. The first-order chi connectivity index (χ1) is 3.81. The van der Waals surface area contributed by atoms with E-state index in [4.69, 9.17) is 5.73 Å². The summed E-state index contributed by atoms with van der Waals surface area (Å²) < 4.78 is 0. The molecule has 0 bridgehead atoms. The van der Waals surface area contributed by atoms with Crippen LogP contribution in [-0.2, 0) is 0 Å². The molecule has 0 aliphatic heterocycles. The van der Waals surface area contributed by atoms with Crippen LogP contribution in [0.1, 0.15) is 26.2 Å². The maximum atomic E-state index is 7.21. The molecule has 1 N–H and O–H groups in total. The van der Waals surface area contributed by atoms with Crippen molar-refractivity contribution in [3.05, 3.63) is 12.7 Å². The number of rotatable bonds is 4. The quantitative estimate of drug-likeness (QED) is 0.497. The summed E-state index contributed by atoms with van der Waals surface area (Å²) in [4.78, 5) is 0. The summed E-state index contributed by atoms with van der Waals surface area (Å²) in [7, 11) is 0. The Morgan fingerprint density at radius 3 is 2.75 bits per heavy atom. The Hall–Kier alpha value is -0.300. The van der Waals surface area contributed by atoms with Gasteiger partial charge in [-0.05, 0) is 6.42 Å². The second-order valence-electron chi connectivity index (χ2n) is 1.98. The molecule has 0 spiro atoms. The van der Waals surface area contributed by atoms with Crippen LogP contribution in [0, 0.1) is 0 Å². The molecule has 0 heterocycles. The van der Waals surface area contributed by atoms with Crippen molar-refractivity contribution in [1.29, 1.82) is 0 Å². The van der Waals surface area contributed by atoms with Crippen molar-refractivity contribution in [3.63, 3.8) is 0 Å². The van der Waals surface area contributed by atoms with Gasteiger partial charge in [0.2, 0.25) is 0 Å². The normalized spacial score (nSPS) is 13.2. The van der Waals surface area contributed by atoms with Crippen LogP contribution in [0.15, 0.2) is 12.7 Å². The molecule has 0 aromatic carbocycles. The fourth-order valence-electron chi connectivity index (χ4n) is 0.542. The molecule has 0 aliphatic carbocycles. The number of nitrogens with one attached hydrogen (secondary N) is 1. The zero-order valence-electron chi connectivity index (χ0n) is 5.48. The largest absolute Gasteiger partial charge is 0.250 e. The monoisotopic (exact) mass is 112 g/mol. The van der Waals surface area contributed by atoms with Gasteiger partial charge in [0.15, 0.2) is 0 Å². The molecule has 1 heteroatoms. The fourth-order valence-corrected chi connectivity index (χ4v) is 0.542. The summed E-state index contributed by atoms with van der Waals surface area (Å²) in [5.74, 6) is 0. The van der Waals surface area contributed by atoms with Gasteiger partial charge >= 0.3 is 0 Å². The number of hydrogen-bond donors (Lipinski definition) is 0. The highest BCUT2D eigenvalue weighted by atomic mass is 14.6. The van der Waals surface area contributed by atoms with E-state index in [1.165, 1.54) is 6.42 Å². The summed E-state index contributed by atoms with van der Waals surface area (Å²) in [5.41, 5.74) is 7.21. The van der Waals surface area contributed by atoms with Gasteiger partial charge in [-0.1, -0.05) is 25.8 Å². The Bertz CT molecular complexity index is 59.4. The van der Waals surface area contributed by atoms with Crippen molar-refractivity contribution in [2.45, 2.75) is 32.2 Å². The third-order valence-electron chi connectivity index (χ3n) is 1.15. The van der Waals surface area contributed by atoms with Crippen LogP contribution in [0.3, 0.4) is 0 Å². The summed E-state index contributed by atoms with van der Waals surface area (Å²) in [5, 5.41) is 0. The number of hydrogen-bond acceptors (Lipinski definition) is 0. The maximum absolute atomic E-state index is 7.21. The SMILES string of the molecule is C=CC([NH])CCCC. The van der Waals surface area contributed by atoms with Gasteiger partial charge in [0, 0.05) is 6.04 Å². The van der Waals surface area contributed by atoms with Gasteiger partial charge in [0.05, 0.1) is 0 Å². The Morgan fingerprint density at radius 2 is 2.38 bits per heavy atom. The fraction of sp³-hybridized carbons (Fsp3) is 0.714. The highest BCUT2D eigenvalue weighted by Gasteiger charge is 1.92. The molecule has 0 fully saturated rings. The predicted molar refractivity (Wildman–Crippen MR) is 36.6 cm³/mol. The van der Waals surface area contributed by atoms with E-state index in [2.05, 4.69) is 13.5 Å². The highest BCUT2D eigenvalue weighted by molar-refractivity contribution is 4.80. The summed E-state index contributed by atoms with van der Waals surface area (Å²) in [6.07, 6.45) is 5.00. The molecular weight excluding hydrogens is 98.1 g/mol. The lowest BCUT2D eigenvalue weighted by molar-refractivity contribution is 0.644. The van der Waals surface area contributed by atoms with Crippen LogP contribution < -0.4 is 5.73 Å². The average Bonchev–Trinajstić information content (AvgIpc) is 1.83. The van der Waals surface area contributed by atoms with Crippen molar-refractivity contribution in [1.82, 2.24) is 5.73 Å². The van der Waals surface area contributed by atoms with Gasteiger partial charge in [0.25, 0.3) is 0 Å². The van der Waals surface area contributed by atoms with Crippen molar-refractivity contribution in [2.24, 2.45) is 0 Å². The van der Waals surface area contributed by atoms with E-state index in [0.29, 0.717) is 0 Å². The predicted octanol–water partition coefficient (Wildman–Crippen LogP) is 2.01. The van der Waals surface area contributed by atoms with E-state index >= 15 is 0 Å². The van der Waals surface area contributed by atoms with Crippen LogP contribution in [0.2, 0.25) is 0 Å². The van der Waals surface area contributed by atoms with Crippen molar-refractivity contribution < 1.29 is 0 Å². The highest BCUT2D eigenvalue weighted by Crippen LogP contribution is 1.98. The van der Waals surface area contributed by atoms with Crippen LogP contribution in [0.25, 0.3) is 0 Å². The second-order valence-corrected chi connectivity index (χ2v) is 1.98. The average molecular weight is 112 g/mol. The standard InChI is InChI=1S/C7H14N/c1-3-5-6-7(8)4-2/h4,7-8H,2-3,5-6H2,1H3. The zero-order chi connectivity index (χ0) is 6.41. The first-order valence-electron chi connectivity index (χ1n) is 3.15. The molecule has 0 aromatic rings. The maximum Gasteiger partial charge on any atom is 0.0390 e. The van der Waals surface area contributed by atoms with E-state index in [1.807, 2.05) is 0 Å². The van der Waals surface area contributed by atoms with E-state index in [0.717, 1.165) is 12.8 Å². The molecule has 0 rings (SSSR count). The van der Waals surface area contributed by atoms with E-state index in [9.17, 15) is 0 Å². The Morgan fingerprint density at radius 1 is 1.75 bits per heavy atom. The van der Waals surface area contributed by atoms with Gasteiger partial charge in [0.1, 0.15) is 0 Å². The molecule has 47 valence electrons. The van der Waals surface area contributed by atoms with Gasteiger partial charge in [-0.15, -0.1) is 6.58 Å². The van der Waals surface area contributed by atoms with Gasteiger partial charge < -0.3 is 0 Å². The van der Waals surface area contributed by atoms with Crippen molar-refractivity contribution >= 4 is 0 Å². The molecule has 1 radical (unpaired) electrons. The van der Waals surface area contributed by atoms with E-state index in [1.54, 1.807) is 6.08 Å². The minimum atomic E-state index is -0.0325. The van der Waals surface area contributed by atoms with Gasteiger partial charge in [-0.25, -0.2) is 0 Å². The van der Waals surface area contributed by atoms with Crippen LogP contribution >= 0.6 is 0 Å². The molecule has 1 nitrogen and oxygen atoms in total. The van der Waals surface area contributed by atoms with Crippen LogP contribution in [-0.4, -0.2) is 6.04 Å². The molecule has 0 aromatic heterocycles. The first kappa shape index (κ1) is 7.70. The van der Waals surface area contributed by atoms with E-state index < -0.39 is 0 Å². The molecule has 1 unspecified atom stereocenters. The lowest BCUT2D eigenvalue weighted by Gasteiger charge is -2.00. The topological polar surface area (TPSA) is 23.8 Å². The summed E-state index contributed by atoms with van der Waals surface area (Å²) in [6, 6.07) is -0.0325. The molecule has 1 atom stereocenters. The number of unbranched alkanes of at least 4 members (excludes halogenated alkanes) is 1. The lowest BCUT2D eigenvalue weighted by Crippen LogP contribution is -2.02. The van der Waals surface area contributed by atoms with Crippen LogP contribution in [0.5, 0.6) is 0 Å². The van der Waals surface area contributed by atoms with E-state index in [-0.39, 0.29) is 6.04 Å². The Kier molecular flexibility index (Phi) is 4.67. The van der Waals surface area contributed by atoms with Crippen LogP contribution in [0.4, 0.5) is 0 Å². The molecule has 0 saturated heterocycles. The zero-order valence-corrected chi connectivity index (χ0v) is 5.48. The lowest BCUT2D eigenvalue weighted by atomic mass is 10.1. The smallest absolute Gasteiger partial charge is 0.0390 e. The minimum Gasteiger partial charge on any atom is -0.250 e. The minimum absolute atomic E-state index is 0.0325. The van der Waals surface area contributed by atoms with Gasteiger partial charge in [-0.3, -0.25) is 5.73 Å². The second kappa shape index (κ2) is 4.85. The molecule has 0 saturated carbocycles. The summed E-state index contributed by atoms with van der Waals surface area (Å²) in [6.45, 7) is 5.66. The molecular formula is C7H14N. The third-order valence-corrected chi connectivity index (χ3v) is 1.15. The first-order valence-corrected chi connectivity index (χ1v) is 3.15. The Balaban J connectivity index is 2.98. The van der Waals surface area contributed by atoms with Crippen molar-refractivity contribution in [3.8, 4) is 0 Å². The Labute approximate surface area is 51.6 Å². The molecule has 0 amide bonds. The third kappa shape index (κ3) is 3.88.